The van der Waals surface area contributed by atoms with Crippen LogP contribution in [0.1, 0.15) is 37.3 Å². The van der Waals surface area contributed by atoms with Crippen LogP contribution in [0.2, 0.25) is 0 Å². The normalized spacial score (nSPS) is 25.7. The summed E-state index contributed by atoms with van der Waals surface area (Å²) in [4.78, 5) is 5.08. The minimum Gasteiger partial charge on any atom is -0.371 e. The first-order valence-electron chi connectivity index (χ1n) is 6.90. The average Bonchev–Trinajstić information content (AvgIpc) is 3.00. The highest BCUT2D eigenvalue weighted by atomic mass is 15.2. The molecule has 2 heteroatoms. The van der Waals surface area contributed by atoms with E-state index in [1.165, 1.54) is 51.0 Å². The molecule has 0 N–H and O–H groups in total. The number of nitrogens with zero attached hydrogens (tertiary/aromatic N) is 2. The zero-order chi connectivity index (χ0) is 11.7. The summed E-state index contributed by atoms with van der Waals surface area (Å²) in [7, 11) is 2.26. The molecule has 2 heterocycles. The number of hydrogen-bond donors (Lipinski definition) is 0. The number of benzene rings is 1. The molecule has 92 valence electrons. The summed E-state index contributed by atoms with van der Waals surface area (Å²) >= 11 is 0. The maximum Gasteiger partial charge on any atom is 0.0414 e. The molecule has 0 aliphatic carbocycles. The average molecular weight is 230 g/mol. The third-order valence-electron chi connectivity index (χ3n) is 4.26. The summed E-state index contributed by atoms with van der Waals surface area (Å²) in [6, 6.07) is 9.67. The number of likely N-dealkylation sites (tertiary alicyclic amines) is 1. The molecule has 2 fully saturated rings. The Morgan fingerprint density at radius 1 is 1.00 bits per heavy atom. The smallest absolute Gasteiger partial charge is 0.0414 e. The van der Waals surface area contributed by atoms with E-state index in [0.29, 0.717) is 6.04 Å². The molecule has 1 atom stereocenters. The van der Waals surface area contributed by atoms with Crippen molar-refractivity contribution in [2.24, 2.45) is 0 Å². The van der Waals surface area contributed by atoms with Gasteiger partial charge in [-0.1, -0.05) is 18.2 Å². The standard InChI is InChI=1S/C15H22N2/c1-16-10-6-9-14(16)13-7-2-3-8-15(13)17-11-4-5-12-17/h2-3,7-8,14H,4-6,9-12H2,1H3. The van der Waals surface area contributed by atoms with Crippen LogP contribution in [0, 0.1) is 0 Å². The minimum absolute atomic E-state index is 0.645. The van der Waals surface area contributed by atoms with E-state index in [4.69, 9.17) is 0 Å². The van der Waals surface area contributed by atoms with Crippen molar-refractivity contribution in [3.05, 3.63) is 29.8 Å². The largest absolute Gasteiger partial charge is 0.371 e. The van der Waals surface area contributed by atoms with E-state index in [0.717, 1.165) is 0 Å². The predicted octanol–water partition coefficient (Wildman–Crippen LogP) is 3.05. The molecular weight excluding hydrogens is 208 g/mol. The highest BCUT2D eigenvalue weighted by molar-refractivity contribution is 5.55. The lowest BCUT2D eigenvalue weighted by Gasteiger charge is -2.27. The van der Waals surface area contributed by atoms with Gasteiger partial charge < -0.3 is 4.90 Å². The first kappa shape index (κ1) is 11.1. The van der Waals surface area contributed by atoms with Crippen molar-refractivity contribution >= 4 is 5.69 Å². The zero-order valence-electron chi connectivity index (χ0n) is 10.7. The molecule has 0 radical (unpaired) electrons. The molecule has 2 aliphatic heterocycles. The molecule has 2 aliphatic rings. The third kappa shape index (κ3) is 2.06. The third-order valence-corrected chi connectivity index (χ3v) is 4.26. The number of para-hydroxylation sites is 1. The van der Waals surface area contributed by atoms with Crippen LogP contribution in [0.5, 0.6) is 0 Å². The van der Waals surface area contributed by atoms with Gasteiger partial charge in [-0.25, -0.2) is 0 Å². The Morgan fingerprint density at radius 2 is 1.76 bits per heavy atom. The van der Waals surface area contributed by atoms with E-state index in [-0.39, 0.29) is 0 Å². The van der Waals surface area contributed by atoms with Crippen LogP contribution in [0.3, 0.4) is 0 Å². The summed E-state index contributed by atoms with van der Waals surface area (Å²) in [6.07, 6.45) is 5.38. The summed E-state index contributed by atoms with van der Waals surface area (Å²) in [6.45, 7) is 3.74. The summed E-state index contributed by atoms with van der Waals surface area (Å²) in [5.41, 5.74) is 3.04. The molecule has 0 bridgehead atoms. The summed E-state index contributed by atoms with van der Waals surface area (Å²) in [5.74, 6) is 0. The van der Waals surface area contributed by atoms with Gasteiger partial charge in [0.15, 0.2) is 0 Å². The highest BCUT2D eigenvalue weighted by Gasteiger charge is 2.26. The molecule has 1 aromatic carbocycles. The van der Waals surface area contributed by atoms with Crippen molar-refractivity contribution in [3.63, 3.8) is 0 Å². The van der Waals surface area contributed by atoms with Gasteiger partial charge >= 0.3 is 0 Å². The molecule has 0 amide bonds. The van der Waals surface area contributed by atoms with Crippen LogP contribution in [0.25, 0.3) is 0 Å². The fraction of sp³-hybridized carbons (Fsp3) is 0.600. The van der Waals surface area contributed by atoms with Gasteiger partial charge in [0.1, 0.15) is 0 Å². The monoisotopic (exact) mass is 230 g/mol. The molecule has 1 aromatic rings. The quantitative estimate of drug-likeness (QED) is 0.770. The Balaban J connectivity index is 1.92. The van der Waals surface area contributed by atoms with E-state index >= 15 is 0 Å². The van der Waals surface area contributed by atoms with Crippen molar-refractivity contribution in [3.8, 4) is 0 Å². The number of anilines is 1. The predicted molar refractivity (Wildman–Crippen MR) is 72.5 cm³/mol. The SMILES string of the molecule is CN1CCCC1c1ccccc1N1CCCC1. The van der Waals surface area contributed by atoms with Gasteiger partial charge in [0.25, 0.3) is 0 Å². The Morgan fingerprint density at radius 3 is 2.47 bits per heavy atom. The molecule has 2 nitrogen and oxygen atoms in total. The second kappa shape index (κ2) is 4.69. The molecule has 0 saturated carbocycles. The number of rotatable bonds is 2. The van der Waals surface area contributed by atoms with Gasteiger partial charge in [-0.2, -0.15) is 0 Å². The van der Waals surface area contributed by atoms with E-state index in [2.05, 4.69) is 41.1 Å². The van der Waals surface area contributed by atoms with Gasteiger partial charge in [-0.05, 0) is 50.9 Å². The van der Waals surface area contributed by atoms with Crippen LogP contribution in [0.4, 0.5) is 5.69 Å². The van der Waals surface area contributed by atoms with Gasteiger partial charge in [-0.15, -0.1) is 0 Å². The zero-order valence-corrected chi connectivity index (χ0v) is 10.7. The Kier molecular flexibility index (Phi) is 3.06. The molecule has 17 heavy (non-hydrogen) atoms. The van der Waals surface area contributed by atoms with Gasteiger partial charge in [-0.3, -0.25) is 4.90 Å². The first-order chi connectivity index (χ1) is 8.36. The lowest BCUT2D eigenvalue weighted by molar-refractivity contribution is 0.317. The van der Waals surface area contributed by atoms with Crippen LogP contribution in [-0.4, -0.2) is 31.6 Å². The van der Waals surface area contributed by atoms with Crippen molar-refractivity contribution in [1.82, 2.24) is 4.90 Å². The van der Waals surface area contributed by atoms with Crippen molar-refractivity contribution in [2.45, 2.75) is 31.7 Å². The fourth-order valence-corrected chi connectivity index (χ4v) is 3.32. The molecule has 3 rings (SSSR count). The van der Waals surface area contributed by atoms with E-state index < -0.39 is 0 Å². The van der Waals surface area contributed by atoms with E-state index in [1.54, 1.807) is 5.56 Å². The molecule has 2 saturated heterocycles. The maximum absolute atomic E-state index is 2.57. The van der Waals surface area contributed by atoms with Gasteiger partial charge in [0.2, 0.25) is 0 Å². The Bertz CT molecular complexity index is 382. The summed E-state index contributed by atoms with van der Waals surface area (Å²) in [5, 5.41) is 0. The van der Waals surface area contributed by atoms with Crippen molar-refractivity contribution in [1.29, 1.82) is 0 Å². The molecule has 1 unspecified atom stereocenters. The first-order valence-corrected chi connectivity index (χ1v) is 6.90. The topological polar surface area (TPSA) is 6.48 Å². The number of hydrogen-bond acceptors (Lipinski definition) is 2. The molecule has 0 spiro atoms. The van der Waals surface area contributed by atoms with Crippen LogP contribution < -0.4 is 4.90 Å². The van der Waals surface area contributed by atoms with Crippen LogP contribution in [-0.2, 0) is 0 Å². The maximum atomic E-state index is 2.57. The Labute approximate surface area is 104 Å². The van der Waals surface area contributed by atoms with Gasteiger partial charge in [0, 0.05) is 24.8 Å². The van der Waals surface area contributed by atoms with Crippen molar-refractivity contribution in [2.75, 3.05) is 31.6 Å². The van der Waals surface area contributed by atoms with Crippen LogP contribution in [0.15, 0.2) is 24.3 Å². The van der Waals surface area contributed by atoms with Crippen molar-refractivity contribution < 1.29 is 0 Å². The second-order valence-electron chi connectivity index (χ2n) is 5.39. The van der Waals surface area contributed by atoms with E-state index in [1.807, 2.05) is 0 Å². The highest BCUT2D eigenvalue weighted by Crippen LogP contribution is 2.37. The molecular formula is C15H22N2. The minimum atomic E-state index is 0.645. The second-order valence-corrected chi connectivity index (χ2v) is 5.39. The fourth-order valence-electron chi connectivity index (χ4n) is 3.32. The Hall–Kier alpha value is -1.02. The van der Waals surface area contributed by atoms with E-state index in [9.17, 15) is 0 Å². The molecule has 0 aromatic heterocycles. The lowest BCUT2D eigenvalue weighted by atomic mass is 10.0. The van der Waals surface area contributed by atoms with Gasteiger partial charge in [0.05, 0.1) is 0 Å². The lowest BCUT2D eigenvalue weighted by Crippen LogP contribution is -2.23. The van der Waals surface area contributed by atoms with Crippen LogP contribution >= 0.6 is 0 Å². The summed E-state index contributed by atoms with van der Waals surface area (Å²) < 4.78 is 0.